The van der Waals surface area contributed by atoms with Crippen molar-refractivity contribution in [3.63, 3.8) is 0 Å². The van der Waals surface area contributed by atoms with Crippen molar-refractivity contribution in [2.45, 2.75) is 13.3 Å². The Bertz CT molecular complexity index is 326. The summed E-state index contributed by atoms with van der Waals surface area (Å²) >= 11 is 0. The molecular formula is C10H11NO3. The minimum Gasteiger partial charge on any atom is -0.438 e. The Morgan fingerprint density at radius 1 is 1.36 bits per heavy atom. The molecule has 1 aliphatic rings. The zero-order valence-electron chi connectivity index (χ0n) is 7.82. The van der Waals surface area contributed by atoms with E-state index in [1.807, 2.05) is 24.3 Å². The first-order valence-corrected chi connectivity index (χ1v) is 4.41. The Kier molecular flexibility index (Phi) is 2.37. The number of ether oxygens (including phenoxy) is 2. The smallest absolute Gasteiger partial charge is 0.303 e. The summed E-state index contributed by atoms with van der Waals surface area (Å²) in [5.74, 6) is 1.45. The van der Waals surface area contributed by atoms with Crippen LogP contribution in [0.4, 0.5) is 0 Å². The van der Waals surface area contributed by atoms with Gasteiger partial charge in [-0.05, 0) is 19.1 Å². The van der Waals surface area contributed by atoms with Crippen molar-refractivity contribution >= 4 is 5.78 Å². The van der Waals surface area contributed by atoms with Gasteiger partial charge < -0.3 is 9.47 Å². The fraction of sp³-hybridized carbons (Fsp3) is 0.300. The summed E-state index contributed by atoms with van der Waals surface area (Å²) in [5.41, 5.74) is 0. The lowest BCUT2D eigenvalue weighted by molar-refractivity contribution is -0.117. The van der Waals surface area contributed by atoms with Gasteiger partial charge in [-0.15, -0.1) is 0 Å². The average Bonchev–Trinajstić information content (AvgIpc) is 2.57. The number of rotatable bonds is 3. The van der Waals surface area contributed by atoms with E-state index in [4.69, 9.17) is 9.47 Å². The van der Waals surface area contributed by atoms with Crippen LogP contribution in [0.1, 0.15) is 6.92 Å². The summed E-state index contributed by atoms with van der Waals surface area (Å²) < 4.78 is 10.7. The van der Waals surface area contributed by atoms with Gasteiger partial charge in [0, 0.05) is 0 Å². The molecule has 0 fully saturated rings. The molecule has 1 aromatic rings. The molecule has 4 nitrogen and oxygen atoms in total. The van der Waals surface area contributed by atoms with Crippen LogP contribution in [0, 0.1) is 0 Å². The number of carbonyl (C=O) groups excluding carboxylic acids is 1. The molecule has 0 spiro atoms. The maximum absolute atomic E-state index is 10.7. The molecule has 2 rings (SSSR count). The van der Waals surface area contributed by atoms with Crippen molar-refractivity contribution in [3.05, 3.63) is 24.3 Å². The molecule has 0 atom stereocenters. The number of ketones is 1. The molecule has 0 aromatic heterocycles. The number of fused-ring (bicyclic) bond motifs is 1. The normalized spacial score (nSPS) is 14.4. The Labute approximate surface area is 81.8 Å². The second kappa shape index (κ2) is 3.67. The van der Waals surface area contributed by atoms with Gasteiger partial charge in [-0.2, -0.15) is 0 Å². The molecule has 1 aromatic carbocycles. The number of hydrogen-bond acceptors (Lipinski definition) is 4. The Hall–Kier alpha value is -1.55. The number of hydrogen-bond donors (Lipinski definition) is 1. The molecule has 14 heavy (non-hydrogen) atoms. The van der Waals surface area contributed by atoms with E-state index >= 15 is 0 Å². The maximum atomic E-state index is 10.7. The highest BCUT2D eigenvalue weighted by Gasteiger charge is 2.22. The van der Waals surface area contributed by atoms with E-state index in [9.17, 15) is 4.79 Å². The third kappa shape index (κ3) is 1.85. The fourth-order valence-electron chi connectivity index (χ4n) is 1.21. The SMILES string of the molecule is CC(=O)CNC1Oc2ccccc2O1. The van der Waals surface area contributed by atoms with Gasteiger partial charge in [-0.25, -0.2) is 5.32 Å². The fourth-order valence-corrected chi connectivity index (χ4v) is 1.21. The van der Waals surface area contributed by atoms with Crippen LogP contribution in [0.15, 0.2) is 24.3 Å². The van der Waals surface area contributed by atoms with E-state index in [1.54, 1.807) is 0 Å². The predicted molar refractivity (Wildman–Crippen MR) is 50.2 cm³/mol. The van der Waals surface area contributed by atoms with Crippen molar-refractivity contribution in [2.24, 2.45) is 0 Å². The average molecular weight is 193 g/mol. The summed E-state index contributed by atoms with van der Waals surface area (Å²) in [6.07, 6.45) is -0.545. The zero-order chi connectivity index (χ0) is 9.97. The van der Waals surface area contributed by atoms with Crippen LogP contribution in [0.25, 0.3) is 0 Å². The van der Waals surface area contributed by atoms with E-state index in [0.29, 0.717) is 11.5 Å². The van der Waals surface area contributed by atoms with E-state index in [0.717, 1.165) is 0 Å². The Morgan fingerprint density at radius 2 is 1.93 bits per heavy atom. The Morgan fingerprint density at radius 3 is 2.43 bits per heavy atom. The van der Waals surface area contributed by atoms with Gasteiger partial charge >= 0.3 is 6.41 Å². The molecule has 1 heterocycles. The molecule has 0 aliphatic carbocycles. The van der Waals surface area contributed by atoms with E-state index < -0.39 is 6.41 Å². The topological polar surface area (TPSA) is 47.6 Å². The Balaban J connectivity index is 1.95. The summed E-state index contributed by atoms with van der Waals surface area (Å²) in [6, 6.07) is 7.39. The minimum atomic E-state index is -0.545. The molecule has 4 heteroatoms. The van der Waals surface area contributed by atoms with Crippen LogP contribution in [-0.2, 0) is 4.79 Å². The van der Waals surface area contributed by atoms with E-state index in [1.165, 1.54) is 6.92 Å². The molecule has 0 amide bonds. The van der Waals surface area contributed by atoms with Crippen LogP contribution in [0.3, 0.4) is 0 Å². The summed E-state index contributed by atoms with van der Waals surface area (Å²) in [7, 11) is 0. The number of para-hydroxylation sites is 2. The van der Waals surface area contributed by atoms with Crippen LogP contribution < -0.4 is 14.8 Å². The van der Waals surface area contributed by atoms with Gasteiger partial charge in [-0.1, -0.05) is 12.1 Å². The van der Waals surface area contributed by atoms with Crippen molar-refractivity contribution in [1.29, 1.82) is 0 Å². The zero-order valence-corrected chi connectivity index (χ0v) is 7.82. The first kappa shape index (κ1) is 9.02. The van der Waals surface area contributed by atoms with Crippen molar-refractivity contribution < 1.29 is 14.3 Å². The molecule has 74 valence electrons. The lowest BCUT2D eigenvalue weighted by Gasteiger charge is -2.09. The van der Waals surface area contributed by atoms with Crippen LogP contribution in [0.5, 0.6) is 11.5 Å². The molecule has 1 N–H and O–H groups in total. The molecule has 0 saturated heterocycles. The number of Topliss-reactive ketones (excluding diaryl/α,β-unsaturated/α-hetero) is 1. The highest BCUT2D eigenvalue weighted by Crippen LogP contribution is 2.32. The second-order valence-electron chi connectivity index (χ2n) is 3.10. The van der Waals surface area contributed by atoms with Crippen molar-refractivity contribution in [3.8, 4) is 11.5 Å². The van der Waals surface area contributed by atoms with Crippen LogP contribution in [-0.4, -0.2) is 18.7 Å². The van der Waals surface area contributed by atoms with Gasteiger partial charge in [0.2, 0.25) is 0 Å². The lowest BCUT2D eigenvalue weighted by atomic mass is 10.3. The first-order chi connectivity index (χ1) is 6.75. The van der Waals surface area contributed by atoms with Crippen LogP contribution >= 0.6 is 0 Å². The molecular weight excluding hydrogens is 182 g/mol. The number of nitrogens with one attached hydrogen (secondary N) is 1. The van der Waals surface area contributed by atoms with Gasteiger partial charge in [0.1, 0.15) is 5.78 Å². The summed E-state index contributed by atoms with van der Waals surface area (Å²) in [5, 5.41) is 2.83. The summed E-state index contributed by atoms with van der Waals surface area (Å²) in [4.78, 5) is 10.7. The molecule has 1 aliphatic heterocycles. The largest absolute Gasteiger partial charge is 0.438 e. The van der Waals surface area contributed by atoms with Gasteiger partial charge in [0.05, 0.1) is 6.54 Å². The summed E-state index contributed by atoms with van der Waals surface area (Å²) in [6.45, 7) is 1.76. The van der Waals surface area contributed by atoms with Gasteiger partial charge in [-0.3, -0.25) is 4.79 Å². The number of benzene rings is 1. The minimum absolute atomic E-state index is 0.0492. The predicted octanol–water partition coefficient (Wildman–Crippen LogP) is 0.920. The molecule has 0 unspecified atom stereocenters. The first-order valence-electron chi connectivity index (χ1n) is 4.41. The van der Waals surface area contributed by atoms with E-state index in [2.05, 4.69) is 5.32 Å². The van der Waals surface area contributed by atoms with Crippen molar-refractivity contribution in [2.75, 3.05) is 6.54 Å². The molecule has 0 saturated carbocycles. The third-order valence-electron chi connectivity index (χ3n) is 1.83. The number of carbonyl (C=O) groups is 1. The van der Waals surface area contributed by atoms with Crippen molar-refractivity contribution in [1.82, 2.24) is 5.32 Å². The van der Waals surface area contributed by atoms with Gasteiger partial charge in [0.15, 0.2) is 11.5 Å². The van der Waals surface area contributed by atoms with Gasteiger partial charge in [0.25, 0.3) is 0 Å². The second-order valence-corrected chi connectivity index (χ2v) is 3.10. The monoisotopic (exact) mass is 193 g/mol. The maximum Gasteiger partial charge on any atom is 0.303 e. The lowest BCUT2D eigenvalue weighted by Crippen LogP contribution is -2.38. The highest BCUT2D eigenvalue weighted by atomic mass is 16.7. The highest BCUT2D eigenvalue weighted by molar-refractivity contribution is 5.77. The van der Waals surface area contributed by atoms with Crippen LogP contribution in [0.2, 0.25) is 0 Å². The third-order valence-corrected chi connectivity index (χ3v) is 1.83. The quantitative estimate of drug-likeness (QED) is 0.775. The van der Waals surface area contributed by atoms with E-state index in [-0.39, 0.29) is 12.3 Å². The standard InChI is InChI=1S/C10H11NO3/c1-7(12)6-11-10-13-8-4-2-3-5-9(8)14-10/h2-5,10-11H,6H2,1H3. The molecule has 0 radical (unpaired) electrons. The molecule has 0 bridgehead atoms.